The van der Waals surface area contributed by atoms with Crippen LogP contribution in [0.1, 0.15) is 37.7 Å². The molecule has 1 saturated heterocycles. The molecule has 1 aliphatic carbocycles. The van der Waals surface area contributed by atoms with Crippen LogP contribution in [0.15, 0.2) is 42.6 Å². The standard InChI is InChI=1S/C24H29N3O4/c1-16-3-12-22(25-14-16)31-21-8-4-18(5-9-21)26-24(29)17-13-23(28)27(15-17)19-6-10-20(30-2)11-7-19/h3,6-7,10-12,14,17-18,21H,4-5,8-9,13,15H2,1-2H3,(H,26,29). The molecule has 1 N–H and O–H groups in total. The first-order valence-electron chi connectivity index (χ1n) is 10.9. The molecule has 2 aliphatic rings. The van der Waals surface area contributed by atoms with Crippen molar-refractivity contribution in [3.63, 3.8) is 0 Å². The molecule has 2 amide bonds. The third-order valence-electron chi connectivity index (χ3n) is 6.07. The number of benzene rings is 1. The third kappa shape index (κ3) is 5.16. The van der Waals surface area contributed by atoms with Gasteiger partial charge in [-0.1, -0.05) is 6.07 Å². The SMILES string of the molecule is COc1ccc(N2CC(C(=O)NC3CCC(Oc4ccc(C)cn4)CC3)CC2=O)cc1. The van der Waals surface area contributed by atoms with Crippen LogP contribution in [0, 0.1) is 12.8 Å². The van der Waals surface area contributed by atoms with E-state index in [1.807, 2.05) is 43.3 Å². The zero-order chi connectivity index (χ0) is 21.8. The molecule has 164 valence electrons. The Morgan fingerprint density at radius 2 is 1.84 bits per heavy atom. The smallest absolute Gasteiger partial charge is 0.227 e. The predicted molar refractivity (Wildman–Crippen MR) is 117 cm³/mol. The largest absolute Gasteiger partial charge is 0.497 e. The fraction of sp³-hybridized carbons (Fsp3) is 0.458. The molecule has 7 nitrogen and oxygen atoms in total. The number of anilines is 1. The van der Waals surface area contributed by atoms with Gasteiger partial charge in [0, 0.05) is 37.0 Å². The summed E-state index contributed by atoms with van der Waals surface area (Å²) in [5.41, 5.74) is 1.90. The van der Waals surface area contributed by atoms with Gasteiger partial charge in [0.15, 0.2) is 0 Å². The minimum atomic E-state index is -0.319. The van der Waals surface area contributed by atoms with Crippen LogP contribution in [0.3, 0.4) is 0 Å². The summed E-state index contributed by atoms with van der Waals surface area (Å²) in [5, 5.41) is 3.15. The van der Waals surface area contributed by atoms with Gasteiger partial charge in [-0.15, -0.1) is 0 Å². The highest BCUT2D eigenvalue weighted by atomic mass is 16.5. The molecule has 2 heterocycles. The topological polar surface area (TPSA) is 80.8 Å². The van der Waals surface area contributed by atoms with E-state index in [4.69, 9.17) is 9.47 Å². The van der Waals surface area contributed by atoms with Gasteiger partial charge >= 0.3 is 0 Å². The molecule has 0 bridgehead atoms. The molecule has 4 rings (SSSR count). The van der Waals surface area contributed by atoms with Crippen LogP contribution in [-0.2, 0) is 9.59 Å². The number of carbonyl (C=O) groups excluding carboxylic acids is 2. The average Bonchev–Trinajstić information content (AvgIpc) is 3.18. The quantitative estimate of drug-likeness (QED) is 0.771. The number of aryl methyl sites for hydroxylation is 1. The number of pyridine rings is 1. The maximum absolute atomic E-state index is 12.8. The highest BCUT2D eigenvalue weighted by Crippen LogP contribution is 2.28. The number of carbonyl (C=O) groups is 2. The van der Waals surface area contributed by atoms with Crippen LogP contribution in [0.25, 0.3) is 0 Å². The van der Waals surface area contributed by atoms with E-state index in [9.17, 15) is 9.59 Å². The summed E-state index contributed by atoms with van der Waals surface area (Å²) < 4.78 is 11.1. The van der Waals surface area contributed by atoms with Crippen LogP contribution in [-0.4, -0.2) is 42.6 Å². The first kappa shape index (κ1) is 21.2. The molecule has 1 aromatic heterocycles. The second-order valence-corrected chi connectivity index (χ2v) is 8.38. The van der Waals surface area contributed by atoms with E-state index >= 15 is 0 Å². The van der Waals surface area contributed by atoms with Crippen molar-refractivity contribution in [2.45, 2.75) is 51.2 Å². The van der Waals surface area contributed by atoms with Gasteiger partial charge in [-0.3, -0.25) is 9.59 Å². The van der Waals surface area contributed by atoms with E-state index in [1.54, 1.807) is 18.2 Å². The first-order chi connectivity index (χ1) is 15.0. The number of aromatic nitrogens is 1. The number of ether oxygens (including phenoxy) is 2. The first-order valence-corrected chi connectivity index (χ1v) is 10.9. The normalized spacial score (nSPS) is 23.5. The molecule has 1 saturated carbocycles. The summed E-state index contributed by atoms with van der Waals surface area (Å²) in [4.78, 5) is 31.2. The van der Waals surface area contributed by atoms with Gasteiger partial charge in [0.25, 0.3) is 0 Å². The van der Waals surface area contributed by atoms with E-state index in [0.717, 1.165) is 42.7 Å². The Balaban J connectivity index is 1.25. The lowest BCUT2D eigenvalue weighted by atomic mass is 9.92. The zero-order valence-corrected chi connectivity index (χ0v) is 18.0. The molecule has 1 unspecified atom stereocenters. The van der Waals surface area contributed by atoms with Crippen LogP contribution in [0.2, 0.25) is 0 Å². The van der Waals surface area contributed by atoms with Gasteiger partial charge in [0.1, 0.15) is 11.9 Å². The molecule has 31 heavy (non-hydrogen) atoms. The lowest BCUT2D eigenvalue weighted by Crippen LogP contribution is -2.43. The summed E-state index contributed by atoms with van der Waals surface area (Å²) >= 11 is 0. The maximum atomic E-state index is 12.8. The average molecular weight is 424 g/mol. The van der Waals surface area contributed by atoms with Crippen molar-refractivity contribution < 1.29 is 19.1 Å². The molecule has 7 heteroatoms. The van der Waals surface area contributed by atoms with Crippen LogP contribution in [0.5, 0.6) is 11.6 Å². The monoisotopic (exact) mass is 423 g/mol. The lowest BCUT2D eigenvalue weighted by Gasteiger charge is -2.29. The summed E-state index contributed by atoms with van der Waals surface area (Å²) in [6.07, 6.45) is 5.66. The Morgan fingerprint density at radius 3 is 2.48 bits per heavy atom. The van der Waals surface area contributed by atoms with Gasteiger partial charge in [-0.25, -0.2) is 4.98 Å². The molecule has 2 fully saturated rings. The summed E-state index contributed by atoms with van der Waals surface area (Å²) in [6, 6.07) is 11.4. The number of nitrogens with one attached hydrogen (secondary N) is 1. The predicted octanol–water partition coefficient (Wildman–Crippen LogP) is 3.26. The molecule has 1 aromatic carbocycles. The second kappa shape index (κ2) is 9.37. The van der Waals surface area contributed by atoms with Crippen molar-refractivity contribution in [1.82, 2.24) is 10.3 Å². The molecule has 1 atom stereocenters. The van der Waals surface area contributed by atoms with E-state index in [1.165, 1.54) is 0 Å². The Hall–Kier alpha value is -3.09. The van der Waals surface area contributed by atoms with Crippen molar-refractivity contribution in [3.05, 3.63) is 48.2 Å². The lowest BCUT2D eigenvalue weighted by molar-refractivity contribution is -0.127. The second-order valence-electron chi connectivity index (χ2n) is 8.38. The Kier molecular flexibility index (Phi) is 6.39. The molecular formula is C24H29N3O4. The minimum Gasteiger partial charge on any atom is -0.497 e. The zero-order valence-electron chi connectivity index (χ0n) is 18.0. The van der Waals surface area contributed by atoms with Crippen LogP contribution >= 0.6 is 0 Å². The van der Waals surface area contributed by atoms with Crippen molar-refractivity contribution in [1.29, 1.82) is 0 Å². The number of hydrogen-bond donors (Lipinski definition) is 1. The Labute approximate surface area is 182 Å². The van der Waals surface area contributed by atoms with E-state index in [2.05, 4.69) is 10.3 Å². The van der Waals surface area contributed by atoms with E-state index in [-0.39, 0.29) is 36.3 Å². The summed E-state index contributed by atoms with van der Waals surface area (Å²) in [6.45, 7) is 2.41. The number of methoxy groups -OCH3 is 1. The van der Waals surface area contributed by atoms with E-state index < -0.39 is 0 Å². The van der Waals surface area contributed by atoms with Gasteiger partial charge in [0.05, 0.1) is 13.0 Å². The number of nitrogens with zero attached hydrogens (tertiary/aromatic N) is 2. The number of amides is 2. The minimum absolute atomic E-state index is 0.0203. The molecule has 1 aliphatic heterocycles. The Morgan fingerprint density at radius 1 is 1.10 bits per heavy atom. The van der Waals surface area contributed by atoms with Crippen molar-refractivity contribution in [2.24, 2.45) is 5.92 Å². The van der Waals surface area contributed by atoms with Crippen molar-refractivity contribution in [2.75, 3.05) is 18.6 Å². The fourth-order valence-electron chi connectivity index (χ4n) is 4.23. The molecule has 2 aromatic rings. The van der Waals surface area contributed by atoms with Gasteiger partial charge < -0.3 is 19.7 Å². The van der Waals surface area contributed by atoms with Crippen LogP contribution < -0.4 is 19.7 Å². The van der Waals surface area contributed by atoms with Gasteiger partial charge in [0.2, 0.25) is 17.7 Å². The van der Waals surface area contributed by atoms with Crippen molar-refractivity contribution >= 4 is 17.5 Å². The third-order valence-corrected chi connectivity index (χ3v) is 6.07. The maximum Gasteiger partial charge on any atom is 0.227 e. The Bertz CT molecular complexity index is 905. The summed E-state index contributed by atoms with van der Waals surface area (Å²) in [7, 11) is 1.61. The number of hydrogen-bond acceptors (Lipinski definition) is 5. The van der Waals surface area contributed by atoms with Gasteiger partial charge in [-0.05, 0) is 62.4 Å². The molecular weight excluding hydrogens is 394 g/mol. The van der Waals surface area contributed by atoms with Crippen molar-refractivity contribution in [3.8, 4) is 11.6 Å². The summed E-state index contributed by atoms with van der Waals surface area (Å²) in [5.74, 6) is 1.02. The van der Waals surface area contributed by atoms with Crippen LogP contribution in [0.4, 0.5) is 5.69 Å². The van der Waals surface area contributed by atoms with E-state index in [0.29, 0.717) is 12.4 Å². The molecule has 0 spiro atoms. The highest BCUT2D eigenvalue weighted by Gasteiger charge is 2.36. The highest BCUT2D eigenvalue weighted by molar-refractivity contribution is 6.00. The fourth-order valence-corrected chi connectivity index (χ4v) is 4.23. The molecule has 0 radical (unpaired) electrons. The number of rotatable bonds is 6. The van der Waals surface area contributed by atoms with Gasteiger partial charge in [-0.2, -0.15) is 0 Å².